The van der Waals surface area contributed by atoms with Crippen molar-refractivity contribution in [3.05, 3.63) is 75.8 Å². The van der Waals surface area contributed by atoms with E-state index in [0.29, 0.717) is 57.9 Å². The zero-order chi connectivity index (χ0) is 31.3. The summed E-state index contributed by atoms with van der Waals surface area (Å²) >= 11 is 0. The number of fused-ring (bicyclic) bond motifs is 2. The number of ether oxygens (including phenoxy) is 3. The number of carboxylic acids is 1. The molecule has 7 nitrogen and oxygen atoms in total. The summed E-state index contributed by atoms with van der Waals surface area (Å²) in [5, 5.41) is 29.3. The lowest BCUT2D eigenvalue weighted by Crippen LogP contribution is -2.40. The van der Waals surface area contributed by atoms with E-state index in [1.165, 1.54) is 19.9 Å². The summed E-state index contributed by atoms with van der Waals surface area (Å²) in [6.07, 6.45) is -5.38. The fraction of sp³-hybridized carbons (Fsp3) is 0.424. The van der Waals surface area contributed by atoms with Crippen molar-refractivity contribution in [3.8, 4) is 28.4 Å². The van der Waals surface area contributed by atoms with Crippen LogP contribution in [0, 0.1) is 13.8 Å². The molecule has 230 valence electrons. The standard InChI is InChI=1S/C33H35F3O7/c1-17-11-21(41-16-28(37)32(3,4)40)12-18(2)30(17)31-24-8-10-26(23(24)7-9-25(31)33(34,35)36)43-20-5-6-22-19(13-29(38)39)15-42-27(22)14-20/h5-7,9,11-12,14,19,26,28,37,40H,8,10,13,15-16H2,1-4H3,(H,38,39)/t19?,26-,28?/m1/s1. The first-order valence-electron chi connectivity index (χ1n) is 14.2. The molecule has 2 aliphatic rings. The summed E-state index contributed by atoms with van der Waals surface area (Å²) < 4.78 is 60.8. The number of aliphatic hydroxyl groups excluding tert-OH is 1. The van der Waals surface area contributed by atoms with E-state index in [1.807, 2.05) is 0 Å². The van der Waals surface area contributed by atoms with Gasteiger partial charge in [0, 0.05) is 17.5 Å². The van der Waals surface area contributed by atoms with Gasteiger partial charge in [0.15, 0.2) is 0 Å². The van der Waals surface area contributed by atoms with Gasteiger partial charge in [0.05, 0.1) is 24.2 Å². The summed E-state index contributed by atoms with van der Waals surface area (Å²) in [6, 6.07) is 11.1. The number of rotatable bonds is 9. The normalized spacial score (nSPS) is 18.5. The molecule has 2 unspecified atom stereocenters. The summed E-state index contributed by atoms with van der Waals surface area (Å²) in [6.45, 7) is 6.47. The number of hydrogen-bond donors (Lipinski definition) is 3. The fourth-order valence-electron chi connectivity index (χ4n) is 5.96. The Morgan fingerprint density at radius 2 is 1.70 bits per heavy atom. The van der Waals surface area contributed by atoms with Crippen molar-refractivity contribution in [1.29, 1.82) is 0 Å². The second-order valence-corrected chi connectivity index (χ2v) is 11.9. The number of aliphatic carboxylic acids is 1. The topological polar surface area (TPSA) is 105 Å². The predicted molar refractivity (Wildman–Crippen MR) is 153 cm³/mol. The highest BCUT2D eigenvalue weighted by molar-refractivity contribution is 5.80. The van der Waals surface area contributed by atoms with Crippen molar-refractivity contribution < 1.29 is 47.5 Å². The van der Waals surface area contributed by atoms with Crippen molar-refractivity contribution in [2.75, 3.05) is 13.2 Å². The van der Waals surface area contributed by atoms with Gasteiger partial charge in [-0.3, -0.25) is 4.79 Å². The van der Waals surface area contributed by atoms with E-state index in [0.717, 1.165) is 11.6 Å². The average molecular weight is 601 g/mol. The minimum absolute atomic E-state index is 0.0394. The van der Waals surface area contributed by atoms with Crippen LogP contribution in [0.5, 0.6) is 17.2 Å². The van der Waals surface area contributed by atoms with Gasteiger partial charge in [-0.05, 0) is 98.2 Å². The van der Waals surface area contributed by atoms with Gasteiger partial charge in [-0.25, -0.2) is 0 Å². The van der Waals surface area contributed by atoms with Crippen LogP contribution in [-0.4, -0.2) is 46.2 Å². The molecule has 0 saturated carbocycles. The maximum absolute atomic E-state index is 14.4. The van der Waals surface area contributed by atoms with Gasteiger partial charge in [-0.15, -0.1) is 0 Å². The summed E-state index contributed by atoms with van der Waals surface area (Å²) in [4.78, 5) is 11.2. The molecule has 0 aromatic heterocycles. The molecule has 43 heavy (non-hydrogen) atoms. The Balaban J connectivity index is 1.47. The van der Waals surface area contributed by atoms with Gasteiger partial charge in [0.25, 0.3) is 0 Å². The van der Waals surface area contributed by atoms with Crippen molar-refractivity contribution in [3.63, 3.8) is 0 Å². The van der Waals surface area contributed by atoms with Crippen molar-refractivity contribution >= 4 is 5.97 Å². The molecule has 0 spiro atoms. The maximum Gasteiger partial charge on any atom is 0.417 e. The van der Waals surface area contributed by atoms with Gasteiger partial charge in [-0.2, -0.15) is 13.2 Å². The molecule has 0 radical (unpaired) electrons. The Morgan fingerprint density at radius 3 is 2.33 bits per heavy atom. The Bertz CT molecular complexity index is 1520. The van der Waals surface area contributed by atoms with Crippen LogP contribution in [0.25, 0.3) is 11.1 Å². The number of alkyl halides is 3. The Kier molecular flexibility index (Phi) is 8.13. The number of carbonyl (C=O) groups is 1. The number of aliphatic hydroxyl groups is 2. The number of hydrogen-bond acceptors (Lipinski definition) is 6. The third kappa shape index (κ3) is 6.31. The molecule has 3 aromatic carbocycles. The molecule has 3 atom stereocenters. The van der Waals surface area contributed by atoms with Crippen LogP contribution in [0.2, 0.25) is 0 Å². The average Bonchev–Trinajstić information content (AvgIpc) is 3.49. The molecule has 1 heterocycles. The molecule has 5 rings (SSSR count). The monoisotopic (exact) mass is 600 g/mol. The van der Waals surface area contributed by atoms with Crippen LogP contribution in [-0.2, 0) is 17.4 Å². The second-order valence-electron chi connectivity index (χ2n) is 11.9. The van der Waals surface area contributed by atoms with E-state index >= 15 is 0 Å². The van der Waals surface area contributed by atoms with E-state index in [2.05, 4.69) is 0 Å². The van der Waals surface area contributed by atoms with E-state index < -0.39 is 35.5 Å². The molecule has 3 aromatic rings. The van der Waals surface area contributed by atoms with Crippen molar-refractivity contribution in [1.82, 2.24) is 0 Å². The van der Waals surface area contributed by atoms with E-state index in [-0.39, 0.29) is 31.1 Å². The predicted octanol–water partition coefficient (Wildman–Crippen LogP) is 6.52. The van der Waals surface area contributed by atoms with Crippen LogP contribution < -0.4 is 14.2 Å². The van der Waals surface area contributed by atoms with Gasteiger partial charge >= 0.3 is 12.1 Å². The molecule has 0 bridgehead atoms. The first-order valence-corrected chi connectivity index (χ1v) is 14.2. The van der Waals surface area contributed by atoms with Gasteiger partial charge < -0.3 is 29.5 Å². The van der Waals surface area contributed by atoms with Gasteiger partial charge in [0.2, 0.25) is 0 Å². The third-order valence-corrected chi connectivity index (χ3v) is 8.20. The summed E-state index contributed by atoms with van der Waals surface area (Å²) in [7, 11) is 0. The maximum atomic E-state index is 14.4. The van der Waals surface area contributed by atoms with Gasteiger partial charge in [-0.1, -0.05) is 12.1 Å². The minimum atomic E-state index is -4.59. The van der Waals surface area contributed by atoms with Crippen LogP contribution in [0.1, 0.15) is 72.1 Å². The molecule has 0 fully saturated rings. The number of halogens is 3. The molecule has 10 heteroatoms. The highest BCUT2D eigenvalue weighted by atomic mass is 19.4. The lowest BCUT2D eigenvalue weighted by atomic mass is 9.86. The Hall–Kier alpha value is -3.76. The quantitative estimate of drug-likeness (QED) is 0.257. The van der Waals surface area contributed by atoms with Crippen molar-refractivity contribution in [2.45, 2.75) is 76.9 Å². The third-order valence-electron chi connectivity index (χ3n) is 8.20. The molecule has 1 aliphatic carbocycles. The van der Waals surface area contributed by atoms with Crippen molar-refractivity contribution in [2.24, 2.45) is 0 Å². The number of aryl methyl sites for hydroxylation is 2. The number of benzene rings is 3. The van der Waals surface area contributed by atoms with E-state index in [4.69, 9.17) is 19.3 Å². The Morgan fingerprint density at radius 1 is 1.02 bits per heavy atom. The summed E-state index contributed by atoms with van der Waals surface area (Å²) in [5.41, 5.74) is 1.73. The molecule has 0 saturated heterocycles. The molecule has 1 aliphatic heterocycles. The molecule has 0 amide bonds. The molecule has 3 N–H and O–H groups in total. The van der Waals surface area contributed by atoms with Crippen LogP contribution >= 0.6 is 0 Å². The first-order chi connectivity index (χ1) is 20.1. The lowest BCUT2D eigenvalue weighted by Gasteiger charge is -2.25. The first kappa shape index (κ1) is 30.7. The van der Waals surface area contributed by atoms with E-state index in [9.17, 15) is 28.2 Å². The lowest BCUT2D eigenvalue weighted by molar-refractivity contribution is -0.138. The van der Waals surface area contributed by atoms with Crippen LogP contribution in [0.15, 0.2) is 42.5 Å². The summed E-state index contributed by atoms with van der Waals surface area (Å²) in [5.74, 6) is 0.283. The molecular formula is C33H35F3O7. The second kappa shape index (κ2) is 11.4. The van der Waals surface area contributed by atoms with Gasteiger partial charge in [0.1, 0.15) is 36.1 Å². The van der Waals surface area contributed by atoms with Crippen LogP contribution in [0.3, 0.4) is 0 Å². The zero-order valence-electron chi connectivity index (χ0n) is 24.4. The highest BCUT2D eigenvalue weighted by Gasteiger charge is 2.39. The fourth-order valence-corrected chi connectivity index (χ4v) is 5.96. The van der Waals surface area contributed by atoms with E-state index in [1.54, 1.807) is 44.2 Å². The van der Waals surface area contributed by atoms with Crippen LogP contribution in [0.4, 0.5) is 13.2 Å². The zero-order valence-corrected chi connectivity index (χ0v) is 24.4. The SMILES string of the molecule is Cc1cc(OCC(O)C(C)(C)O)cc(C)c1-c1c(C(F)(F)F)ccc2c1CC[C@H]2Oc1ccc2c(c1)OCC2CC(=O)O. The largest absolute Gasteiger partial charge is 0.492 e. The minimum Gasteiger partial charge on any atom is -0.492 e. The Labute approximate surface area is 247 Å². The smallest absolute Gasteiger partial charge is 0.417 e. The molecular weight excluding hydrogens is 565 g/mol. The highest BCUT2D eigenvalue weighted by Crippen LogP contribution is 2.48. The number of carboxylic acid groups (broad SMARTS) is 1.